The summed E-state index contributed by atoms with van der Waals surface area (Å²) in [4.78, 5) is 30.9. The lowest BCUT2D eigenvalue weighted by molar-refractivity contribution is -0.119. The lowest BCUT2D eigenvalue weighted by Gasteiger charge is -2.28. The van der Waals surface area contributed by atoms with Crippen LogP contribution in [-0.4, -0.2) is 28.2 Å². The fraction of sp³-hybridized carbons (Fsp3) is 0.304. The molecule has 28 heavy (non-hydrogen) atoms. The highest BCUT2D eigenvalue weighted by Crippen LogP contribution is 2.29. The van der Waals surface area contributed by atoms with Gasteiger partial charge in [0, 0.05) is 29.1 Å². The second-order valence-electron chi connectivity index (χ2n) is 7.45. The maximum atomic E-state index is 13.2. The Hall–Kier alpha value is -3.08. The molecule has 5 heteroatoms. The predicted molar refractivity (Wildman–Crippen MR) is 111 cm³/mol. The van der Waals surface area contributed by atoms with Gasteiger partial charge in [0.1, 0.15) is 0 Å². The van der Waals surface area contributed by atoms with Crippen molar-refractivity contribution in [1.82, 2.24) is 9.88 Å². The van der Waals surface area contributed by atoms with Gasteiger partial charge in [-0.05, 0) is 36.6 Å². The summed E-state index contributed by atoms with van der Waals surface area (Å²) in [5.41, 5.74) is 4.64. The fourth-order valence-electron chi connectivity index (χ4n) is 3.76. The van der Waals surface area contributed by atoms with Crippen molar-refractivity contribution in [3.63, 3.8) is 0 Å². The molecule has 144 valence electrons. The Morgan fingerprint density at radius 3 is 2.71 bits per heavy atom. The largest absolute Gasteiger partial charge is 0.357 e. The van der Waals surface area contributed by atoms with Gasteiger partial charge in [0.2, 0.25) is 5.91 Å². The molecule has 0 fully saturated rings. The average molecular weight is 375 g/mol. The number of benzene rings is 2. The first-order valence-electron chi connectivity index (χ1n) is 9.86. The fourth-order valence-corrected chi connectivity index (χ4v) is 3.76. The van der Waals surface area contributed by atoms with Gasteiger partial charge in [0.15, 0.2) is 0 Å². The van der Waals surface area contributed by atoms with Gasteiger partial charge in [-0.1, -0.05) is 44.2 Å². The molecule has 0 radical (unpaired) electrons. The number of hydrogen-bond acceptors (Lipinski definition) is 2. The van der Waals surface area contributed by atoms with E-state index in [9.17, 15) is 9.59 Å². The standard InChI is InChI=1S/C23H25N3O2/c1-3-15(2)22(27)25-20-11-7-5-9-18(20)23(28)26-13-12-17-16-8-4-6-10-19(16)24-21(17)14-26/h4-11,15,24H,3,12-14H2,1-2H3,(H,25,27). The number of carbonyl (C=O) groups is 2. The number of carbonyl (C=O) groups excluding carboxylic acids is 2. The minimum Gasteiger partial charge on any atom is -0.357 e. The number of H-pyrrole nitrogens is 1. The summed E-state index contributed by atoms with van der Waals surface area (Å²) in [6, 6.07) is 15.5. The van der Waals surface area contributed by atoms with Crippen LogP contribution in [0.25, 0.3) is 10.9 Å². The highest BCUT2D eigenvalue weighted by molar-refractivity contribution is 6.04. The molecule has 1 aliphatic rings. The Kier molecular flexibility index (Phi) is 4.90. The van der Waals surface area contributed by atoms with Gasteiger partial charge in [0.25, 0.3) is 5.91 Å². The molecule has 0 bridgehead atoms. The van der Waals surface area contributed by atoms with E-state index in [1.54, 1.807) is 12.1 Å². The van der Waals surface area contributed by atoms with Crippen LogP contribution in [0.2, 0.25) is 0 Å². The van der Waals surface area contributed by atoms with Crippen LogP contribution < -0.4 is 5.32 Å². The smallest absolute Gasteiger partial charge is 0.256 e. The second kappa shape index (κ2) is 7.50. The number of anilines is 1. The quantitative estimate of drug-likeness (QED) is 0.712. The van der Waals surface area contributed by atoms with Crippen LogP contribution in [-0.2, 0) is 17.8 Å². The molecule has 4 rings (SSSR count). The van der Waals surface area contributed by atoms with Crippen molar-refractivity contribution in [1.29, 1.82) is 0 Å². The summed E-state index contributed by atoms with van der Waals surface area (Å²) in [5, 5.41) is 4.17. The normalized spacial score (nSPS) is 14.6. The number of hydrogen-bond donors (Lipinski definition) is 2. The summed E-state index contributed by atoms with van der Waals surface area (Å²) in [6.45, 7) is 5.09. The summed E-state index contributed by atoms with van der Waals surface area (Å²) in [7, 11) is 0. The Balaban J connectivity index is 1.58. The first kappa shape index (κ1) is 18.3. The summed E-state index contributed by atoms with van der Waals surface area (Å²) in [6.07, 6.45) is 1.59. The highest BCUT2D eigenvalue weighted by atomic mass is 16.2. The molecule has 0 saturated carbocycles. The number of aromatic amines is 1. The minimum absolute atomic E-state index is 0.0515. The maximum Gasteiger partial charge on any atom is 0.256 e. The van der Waals surface area contributed by atoms with Crippen molar-refractivity contribution in [2.24, 2.45) is 5.92 Å². The number of aromatic nitrogens is 1. The molecule has 5 nitrogen and oxygen atoms in total. The third kappa shape index (κ3) is 3.28. The lowest BCUT2D eigenvalue weighted by Crippen LogP contribution is -2.36. The Bertz CT molecular complexity index is 1040. The maximum absolute atomic E-state index is 13.2. The van der Waals surface area contributed by atoms with E-state index in [4.69, 9.17) is 0 Å². The van der Waals surface area contributed by atoms with E-state index in [0.29, 0.717) is 24.3 Å². The highest BCUT2D eigenvalue weighted by Gasteiger charge is 2.26. The third-order valence-corrected chi connectivity index (χ3v) is 5.65. The van der Waals surface area contributed by atoms with E-state index in [1.165, 1.54) is 10.9 Å². The number of rotatable bonds is 4. The number of nitrogens with zero attached hydrogens (tertiary/aromatic N) is 1. The minimum atomic E-state index is -0.0907. The molecule has 1 unspecified atom stereocenters. The van der Waals surface area contributed by atoms with Gasteiger partial charge < -0.3 is 15.2 Å². The molecule has 3 aromatic rings. The molecule has 2 amide bonds. The first-order valence-corrected chi connectivity index (χ1v) is 9.86. The molecule has 1 atom stereocenters. The van der Waals surface area contributed by atoms with Crippen molar-refractivity contribution in [2.45, 2.75) is 33.2 Å². The van der Waals surface area contributed by atoms with Gasteiger partial charge in [-0.15, -0.1) is 0 Å². The lowest BCUT2D eigenvalue weighted by atomic mass is 10.0. The zero-order valence-corrected chi connectivity index (χ0v) is 16.3. The Morgan fingerprint density at radius 2 is 1.89 bits per heavy atom. The molecule has 2 aromatic carbocycles. The van der Waals surface area contributed by atoms with Crippen molar-refractivity contribution < 1.29 is 9.59 Å². The van der Waals surface area contributed by atoms with Crippen LogP contribution >= 0.6 is 0 Å². The van der Waals surface area contributed by atoms with Crippen LogP contribution in [0.4, 0.5) is 5.69 Å². The molecule has 1 aromatic heterocycles. The van der Waals surface area contributed by atoms with Crippen LogP contribution in [0, 0.1) is 5.92 Å². The van der Waals surface area contributed by atoms with E-state index in [2.05, 4.69) is 22.4 Å². The van der Waals surface area contributed by atoms with E-state index in [-0.39, 0.29) is 17.7 Å². The number of amides is 2. The molecule has 1 aliphatic heterocycles. The SMILES string of the molecule is CCC(C)C(=O)Nc1ccccc1C(=O)N1CCc2c([nH]c3ccccc23)C1. The molecule has 2 heterocycles. The predicted octanol–water partition coefficient (Wildman–Crippen LogP) is 4.35. The topological polar surface area (TPSA) is 65.2 Å². The average Bonchev–Trinajstić information content (AvgIpc) is 3.10. The zero-order valence-electron chi connectivity index (χ0n) is 16.3. The second-order valence-corrected chi connectivity index (χ2v) is 7.45. The first-order chi connectivity index (χ1) is 13.6. The Labute approximate surface area is 164 Å². The number of para-hydroxylation sites is 2. The molecular weight excluding hydrogens is 350 g/mol. The molecule has 0 saturated heterocycles. The van der Waals surface area contributed by atoms with Gasteiger partial charge in [0.05, 0.1) is 17.8 Å². The summed E-state index contributed by atoms with van der Waals surface area (Å²) >= 11 is 0. The monoisotopic (exact) mass is 375 g/mol. The van der Waals surface area contributed by atoms with Gasteiger partial charge in [-0.3, -0.25) is 9.59 Å². The van der Waals surface area contributed by atoms with Crippen LogP contribution in [0.5, 0.6) is 0 Å². The Morgan fingerprint density at radius 1 is 1.14 bits per heavy atom. The van der Waals surface area contributed by atoms with Crippen molar-refractivity contribution in [3.05, 3.63) is 65.4 Å². The molecule has 0 aliphatic carbocycles. The van der Waals surface area contributed by atoms with E-state index >= 15 is 0 Å². The summed E-state index contributed by atoms with van der Waals surface area (Å²) < 4.78 is 0. The zero-order chi connectivity index (χ0) is 19.7. The van der Waals surface area contributed by atoms with Crippen molar-refractivity contribution in [3.8, 4) is 0 Å². The van der Waals surface area contributed by atoms with Crippen molar-refractivity contribution >= 4 is 28.4 Å². The summed E-state index contributed by atoms with van der Waals surface area (Å²) in [5.74, 6) is -0.198. The third-order valence-electron chi connectivity index (χ3n) is 5.65. The van der Waals surface area contributed by atoms with E-state index in [0.717, 1.165) is 24.1 Å². The van der Waals surface area contributed by atoms with Crippen LogP contribution in [0.1, 0.15) is 41.9 Å². The number of nitrogens with one attached hydrogen (secondary N) is 2. The molecular formula is C23H25N3O2. The van der Waals surface area contributed by atoms with Crippen LogP contribution in [0.3, 0.4) is 0 Å². The van der Waals surface area contributed by atoms with Crippen molar-refractivity contribution in [2.75, 3.05) is 11.9 Å². The number of fused-ring (bicyclic) bond motifs is 3. The van der Waals surface area contributed by atoms with Gasteiger partial charge >= 0.3 is 0 Å². The van der Waals surface area contributed by atoms with Crippen LogP contribution in [0.15, 0.2) is 48.5 Å². The molecule has 2 N–H and O–H groups in total. The van der Waals surface area contributed by atoms with Gasteiger partial charge in [-0.25, -0.2) is 0 Å². The van der Waals surface area contributed by atoms with E-state index < -0.39 is 0 Å². The molecule has 0 spiro atoms. The van der Waals surface area contributed by atoms with E-state index in [1.807, 2.05) is 43.0 Å². The van der Waals surface area contributed by atoms with Gasteiger partial charge in [-0.2, -0.15) is 0 Å².